The average molecular weight is 321 g/mol. The first-order valence-electron chi connectivity index (χ1n) is 6.36. The highest BCUT2D eigenvalue weighted by atomic mass is 35.5. The Labute approximate surface area is 130 Å². The molecule has 0 bridgehead atoms. The first kappa shape index (κ1) is 19.5. The third-order valence-corrected chi connectivity index (χ3v) is 3.13. The predicted molar refractivity (Wildman–Crippen MR) is 81.5 cm³/mol. The van der Waals surface area contributed by atoms with Gasteiger partial charge in [-0.1, -0.05) is 6.92 Å². The molecule has 1 aromatic carbocycles. The minimum atomic E-state index is -0.490. The second-order valence-electron chi connectivity index (χ2n) is 4.60. The number of carbonyl (C=O) groups excluding carboxylic acids is 1. The van der Waals surface area contributed by atoms with Crippen LogP contribution in [0.15, 0.2) is 12.1 Å². The van der Waals surface area contributed by atoms with Crippen molar-refractivity contribution in [2.24, 2.45) is 11.7 Å². The molecule has 0 spiro atoms. The minimum absolute atomic E-state index is 0. The van der Waals surface area contributed by atoms with E-state index < -0.39 is 11.9 Å². The van der Waals surface area contributed by atoms with Gasteiger partial charge in [0.25, 0.3) is 0 Å². The molecular formula is C14H22ClFN2O3. The average Bonchev–Trinajstić information content (AvgIpc) is 2.45. The Hall–Kier alpha value is -1.53. The molecule has 1 amide bonds. The Bertz CT molecular complexity index is 486. The van der Waals surface area contributed by atoms with Gasteiger partial charge in [-0.25, -0.2) is 4.39 Å². The lowest BCUT2D eigenvalue weighted by molar-refractivity contribution is -0.124. The zero-order valence-corrected chi connectivity index (χ0v) is 13.4. The van der Waals surface area contributed by atoms with E-state index >= 15 is 0 Å². The van der Waals surface area contributed by atoms with Gasteiger partial charge in [-0.2, -0.15) is 0 Å². The number of ether oxygens (including phenoxy) is 2. The van der Waals surface area contributed by atoms with E-state index in [9.17, 15) is 9.18 Å². The standard InChI is InChI=1S/C14H21FN2O3.ClH/c1-8(7-16)14(18)17-9(2)10-5-12(19-3)13(20-4)6-11(10)15;/h5-6,8-9H,7,16H2,1-4H3,(H,17,18);1H. The summed E-state index contributed by atoms with van der Waals surface area (Å²) in [6.45, 7) is 3.66. The summed E-state index contributed by atoms with van der Waals surface area (Å²) in [6.07, 6.45) is 0. The maximum Gasteiger partial charge on any atom is 0.224 e. The lowest BCUT2D eigenvalue weighted by atomic mass is 10.1. The highest BCUT2D eigenvalue weighted by molar-refractivity contribution is 5.85. The molecule has 2 unspecified atom stereocenters. The second kappa shape index (κ2) is 8.69. The van der Waals surface area contributed by atoms with Crippen molar-refractivity contribution in [3.8, 4) is 11.5 Å². The van der Waals surface area contributed by atoms with Crippen LogP contribution in [0.4, 0.5) is 4.39 Å². The molecule has 7 heteroatoms. The van der Waals surface area contributed by atoms with E-state index in [4.69, 9.17) is 15.2 Å². The topological polar surface area (TPSA) is 73.6 Å². The highest BCUT2D eigenvalue weighted by Gasteiger charge is 2.19. The number of hydrogen-bond acceptors (Lipinski definition) is 4. The van der Waals surface area contributed by atoms with Gasteiger partial charge in [-0.3, -0.25) is 4.79 Å². The molecule has 21 heavy (non-hydrogen) atoms. The zero-order valence-electron chi connectivity index (χ0n) is 12.6. The van der Waals surface area contributed by atoms with Crippen molar-refractivity contribution >= 4 is 18.3 Å². The Kier molecular flexibility index (Phi) is 8.06. The number of rotatable bonds is 6. The van der Waals surface area contributed by atoms with E-state index in [1.54, 1.807) is 13.8 Å². The molecule has 2 atom stereocenters. The lowest BCUT2D eigenvalue weighted by Crippen LogP contribution is -2.35. The van der Waals surface area contributed by atoms with E-state index in [-0.39, 0.29) is 30.8 Å². The second-order valence-corrected chi connectivity index (χ2v) is 4.60. The molecule has 3 N–H and O–H groups in total. The molecule has 0 fully saturated rings. The van der Waals surface area contributed by atoms with E-state index in [1.807, 2.05) is 0 Å². The van der Waals surface area contributed by atoms with Crippen LogP contribution >= 0.6 is 12.4 Å². The van der Waals surface area contributed by atoms with Crippen LogP contribution in [0.3, 0.4) is 0 Å². The van der Waals surface area contributed by atoms with Crippen LogP contribution in [0.25, 0.3) is 0 Å². The Morgan fingerprint density at radius 3 is 2.29 bits per heavy atom. The van der Waals surface area contributed by atoms with Crippen LogP contribution in [-0.4, -0.2) is 26.7 Å². The highest BCUT2D eigenvalue weighted by Crippen LogP contribution is 2.32. The Morgan fingerprint density at radius 1 is 1.29 bits per heavy atom. The fourth-order valence-electron chi connectivity index (χ4n) is 1.74. The van der Waals surface area contributed by atoms with Crippen molar-refractivity contribution < 1.29 is 18.7 Å². The minimum Gasteiger partial charge on any atom is -0.493 e. The molecule has 0 radical (unpaired) electrons. The number of benzene rings is 1. The lowest BCUT2D eigenvalue weighted by Gasteiger charge is -2.19. The maximum atomic E-state index is 14.0. The summed E-state index contributed by atoms with van der Waals surface area (Å²) in [5, 5.41) is 2.72. The molecule has 0 aromatic heterocycles. The molecule has 120 valence electrons. The van der Waals surface area contributed by atoms with E-state index in [2.05, 4.69) is 5.32 Å². The number of methoxy groups -OCH3 is 2. The van der Waals surface area contributed by atoms with Gasteiger partial charge in [0.15, 0.2) is 11.5 Å². The number of nitrogens with one attached hydrogen (secondary N) is 1. The molecular weight excluding hydrogens is 299 g/mol. The van der Waals surface area contributed by atoms with Crippen LogP contribution in [-0.2, 0) is 4.79 Å². The van der Waals surface area contributed by atoms with Crippen molar-refractivity contribution in [1.82, 2.24) is 5.32 Å². The smallest absolute Gasteiger partial charge is 0.224 e. The van der Waals surface area contributed by atoms with Crippen molar-refractivity contribution in [1.29, 1.82) is 0 Å². The van der Waals surface area contributed by atoms with E-state index in [1.165, 1.54) is 26.4 Å². The number of nitrogens with two attached hydrogens (primary N) is 1. The van der Waals surface area contributed by atoms with Crippen LogP contribution < -0.4 is 20.5 Å². The summed E-state index contributed by atoms with van der Waals surface area (Å²) in [7, 11) is 2.91. The molecule has 0 saturated carbocycles. The van der Waals surface area contributed by atoms with Crippen molar-refractivity contribution in [3.05, 3.63) is 23.5 Å². The van der Waals surface area contributed by atoms with Gasteiger partial charge in [0.1, 0.15) is 5.82 Å². The maximum absolute atomic E-state index is 14.0. The van der Waals surface area contributed by atoms with Crippen LogP contribution in [0.1, 0.15) is 25.5 Å². The Morgan fingerprint density at radius 2 is 1.81 bits per heavy atom. The van der Waals surface area contributed by atoms with Gasteiger partial charge >= 0.3 is 0 Å². The van der Waals surface area contributed by atoms with Gasteiger partial charge in [-0.15, -0.1) is 12.4 Å². The number of amides is 1. The van der Waals surface area contributed by atoms with Gasteiger partial charge < -0.3 is 20.5 Å². The molecule has 0 aliphatic heterocycles. The normalized spacial score (nSPS) is 12.9. The SMILES string of the molecule is COc1cc(F)c(C(C)NC(=O)C(C)CN)cc1OC.Cl. The first-order chi connectivity index (χ1) is 9.44. The summed E-state index contributed by atoms with van der Waals surface area (Å²) in [6, 6.07) is 2.27. The van der Waals surface area contributed by atoms with Gasteiger partial charge in [0.05, 0.1) is 20.3 Å². The fraction of sp³-hybridized carbons (Fsp3) is 0.500. The monoisotopic (exact) mass is 320 g/mol. The molecule has 5 nitrogen and oxygen atoms in total. The van der Waals surface area contributed by atoms with E-state index in [0.717, 1.165) is 0 Å². The third kappa shape index (κ3) is 4.75. The number of halogens is 2. The third-order valence-electron chi connectivity index (χ3n) is 3.13. The largest absolute Gasteiger partial charge is 0.493 e. The summed E-state index contributed by atoms with van der Waals surface area (Å²) < 4.78 is 24.2. The summed E-state index contributed by atoms with van der Waals surface area (Å²) in [5.74, 6) is -0.273. The summed E-state index contributed by atoms with van der Waals surface area (Å²) in [4.78, 5) is 11.8. The van der Waals surface area contributed by atoms with Crippen LogP contribution in [0.5, 0.6) is 11.5 Å². The van der Waals surface area contributed by atoms with Crippen LogP contribution in [0, 0.1) is 11.7 Å². The quantitative estimate of drug-likeness (QED) is 0.841. The number of carbonyl (C=O) groups is 1. The van der Waals surface area contributed by atoms with Crippen molar-refractivity contribution in [2.45, 2.75) is 19.9 Å². The van der Waals surface area contributed by atoms with E-state index in [0.29, 0.717) is 17.1 Å². The molecule has 1 rings (SSSR count). The molecule has 0 heterocycles. The zero-order chi connectivity index (χ0) is 15.3. The van der Waals surface area contributed by atoms with Crippen molar-refractivity contribution in [2.75, 3.05) is 20.8 Å². The molecule has 0 aliphatic rings. The Balaban J connectivity index is 0.00000400. The van der Waals surface area contributed by atoms with Crippen LogP contribution in [0.2, 0.25) is 0 Å². The molecule has 1 aromatic rings. The summed E-state index contributed by atoms with van der Waals surface area (Å²) in [5.41, 5.74) is 5.76. The first-order valence-corrected chi connectivity index (χ1v) is 6.36. The molecule has 0 saturated heterocycles. The fourth-order valence-corrected chi connectivity index (χ4v) is 1.74. The van der Waals surface area contributed by atoms with Gasteiger partial charge in [-0.05, 0) is 13.0 Å². The summed E-state index contributed by atoms with van der Waals surface area (Å²) >= 11 is 0. The van der Waals surface area contributed by atoms with Gasteiger partial charge in [0, 0.05) is 24.1 Å². The number of hydrogen-bond donors (Lipinski definition) is 2. The van der Waals surface area contributed by atoms with Crippen molar-refractivity contribution in [3.63, 3.8) is 0 Å². The van der Waals surface area contributed by atoms with Gasteiger partial charge in [0.2, 0.25) is 5.91 Å². The molecule has 0 aliphatic carbocycles. The predicted octanol–water partition coefficient (Wildman–Crippen LogP) is 2.04.